The molecule has 0 aliphatic carbocycles. The van der Waals surface area contributed by atoms with Crippen LogP contribution >= 0.6 is 0 Å². The van der Waals surface area contributed by atoms with Crippen molar-refractivity contribution in [1.29, 1.82) is 0 Å². The maximum Gasteiger partial charge on any atom is 1.00 e. The first-order valence-electron chi connectivity index (χ1n) is 5.84. The molecule has 28 nitrogen and oxygen atoms in total. The predicted molar refractivity (Wildman–Crippen MR) is 78.2 cm³/mol. The minimum Gasteiger partial charge on any atom is -0.871 e. The van der Waals surface area contributed by atoms with E-state index < -0.39 is 58.6 Å². The topological polar surface area (TPSA) is 657 Å². The Morgan fingerprint density at radius 1 is 0.211 bits per heavy atom. The van der Waals surface area contributed by atoms with Gasteiger partial charge in [-0.05, 0) is 0 Å². The van der Waals surface area contributed by atoms with Gasteiger partial charge in [0.15, 0.2) is 0 Å². The van der Waals surface area contributed by atoms with Crippen LogP contribution in [0.2, 0.25) is 0 Å². The Labute approximate surface area is 259 Å². The number of rotatable bonds is 0. The molecule has 38 heavy (non-hydrogen) atoms. The van der Waals surface area contributed by atoms with Crippen molar-refractivity contribution >= 4 is 58.6 Å². The summed E-state index contributed by atoms with van der Waals surface area (Å²) in [5.74, 6) is 0. The van der Waals surface area contributed by atoms with E-state index in [1.165, 1.54) is 0 Å². The normalized spacial score (nSPS) is 5.68. The molecule has 0 radical (unpaired) electrons. The Morgan fingerprint density at radius 3 is 0.211 bits per heavy atom. The summed E-state index contributed by atoms with van der Waals surface area (Å²) in [5, 5.41) is 192. The second-order valence-corrected chi connectivity index (χ2v) is 2.46. The van der Waals surface area contributed by atoms with Gasteiger partial charge in [-0.2, -0.15) is 0 Å². The molecule has 38 heteroatoms. The van der Waals surface area contributed by atoms with E-state index in [9.17, 15) is 0 Å². The van der Waals surface area contributed by atoms with Crippen molar-refractivity contribution < 1.29 is 202 Å². The molecule has 0 saturated heterocycles. The summed E-state index contributed by atoms with van der Waals surface area (Å²) >= 11 is 0. The van der Waals surface area contributed by atoms with E-state index in [4.69, 9.17) is 121 Å². The summed E-state index contributed by atoms with van der Waals surface area (Å²) in [6.45, 7) is 0. The Morgan fingerprint density at radius 2 is 0.211 bits per heavy atom. The molecular formula is H16B8Na2O28-14. The predicted octanol–water partition coefficient (Wildman–Crippen LogP) is -35.8. The molecule has 0 atom stereocenters. The molecule has 0 aromatic rings. The van der Waals surface area contributed by atoms with Crippen LogP contribution in [0.4, 0.5) is 0 Å². The fourth-order valence-corrected chi connectivity index (χ4v) is 0. The molecule has 0 aliphatic rings. The largest absolute Gasteiger partial charge is 1.00 e. The van der Waals surface area contributed by atoms with E-state index in [-0.39, 0.29) is 81.0 Å². The second kappa shape index (κ2) is 83.3. The van der Waals surface area contributed by atoms with E-state index in [1.807, 2.05) is 0 Å². The fourth-order valence-electron chi connectivity index (χ4n) is 0. The maximum absolute atomic E-state index is 8.53. The summed E-state index contributed by atoms with van der Waals surface area (Å²) < 4.78 is 0. The first-order valence-corrected chi connectivity index (χ1v) is 5.84. The quantitative estimate of drug-likeness (QED) is 0.120. The molecule has 0 amide bonds. The standard InChI is InChI=1S/8BHO3.2Na.4H2O/c8*2-1(3)4;;;;;;/h8*2H;;;4*1H2/q8*-2;2*+1;;;;. The molecule has 0 rings (SSSR count). The van der Waals surface area contributed by atoms with Crippen LogP contribution in [-0.2, 0) is 0 Å². The van der Waals surface area contributed by atoms with Gasteiger partial charge in [0.05, 0.1) is 58.6 Å². The van der Waals surface area contributed by atoms with Crippen LogP contribution in [0.5, 0.6) is 0 Å². The van der Waals surface area contributed by atoms with Crippen LogP contribution < -0.4 is 139 Å². The second-order valence-electron chi connectivity index (χ2n) is 2.46. The van der Waals surface area contributed by atoms with Crippen molar-refractivity contribution in [3.8, 4) is 0 Å². The molecule has 0 heterocycles. The molecular weight excluding hydrogens is 580 g/mol. The Bertz CT molecular complexity index is 149. The van der Waals surface area contributed by atoms with Crippen molar-refractivity contribution in [2.75, 3.05) is 0 Å². The van der Waals surface area contributed by atoms with Crippen LogP contribution in [-0.4, -0.2) is 121 Å². The third-order valence-corrected chi connectivity index (χ3v) is 0. The SMILES string of the molecule is O.O.O.O.[Na+].[Na+].[O-]B([O-])O.[O-]B([O-])O.[O-]B([O-])O.[O-]B([O-])O.[O-]B([O-])O.[O-]B([O-])O.[O-]B([O-])O.[O-]B([O-])O. The zero-order valence-corrected chi connectivity index (χ0v) is 22.7. The molecule has 224 valence electrons. The number of hydrogen-bond acceptors (Lipinski definition) is 24. The molecule has 0 unspecified atom stereocenters. The minimum absolute atomic E-state index is 0. The van der Waals surface area contributed by atoms with Crippen molar-refractivity contribution in [1.82, 2.24) is 0 Å². The first-order chi connectivity index (χ1) is 13.9. The van der Waals surface area contributed by atoms with Crippen molar-refractivity contribution in [3.63, 3.8) is 0 Å². The smallest absolute Gasteiger partial charge is 0.871 e. The van der Waals surface area contributed by atoms with Gasteiger partial charge in [0.2, 0.25) is 0 Å². The summed E-state index contributed by atoms with van der Waals surface area (Å²) in [7, 11) is -21.3. The van der Waals surface area contributed by atoms with E-state index in [0.29, 0.717) is 0 Å². The Kier molecular flexibility index (Phi) is 197. The summed E-state index contributed by atoms with van der Waals surface area (Å²) in [6, 6.07) is 0. The van der Waals surface area contributed by atoms with Crippen LogP contribution in [0.3, 0.4) is 0 Å². The molecule has 0 bridgehead atoms. The Balaban J connectivity index is -0.0000000141. The first kappa shape index (κ1) is 90.1. The van der Waals surface area contributed by atoms with Gasteiger partial charge in [-0.15, -0.1) is 0 Å². The van der Waals surface area contributed by atoms with Gasteiger partial charge in [-0.25, -0.2) is 0 Å². The molecule has 0 spiro atoms. The van der Waals surface area contributed by atoms with Gasteiger partial charge in [0.25, 0.3) is 0 Å². The van der Waals surface area contributed by atoms with Crippen LogP contribution in [0.25, 0.3) is 0 Å². The van der Waals surface area contributed by atoms with Crippen LogP contribution in [0.1, 0.15) is 0 Å². The number of hydrogen-bond donors (Lipinski definition) is 8. The van der Waals surface area contributed by atoms with Gasteiger partial charge in [-0.3, -0.25) is 0 Å². The molecule has 0 aromatic carbocycles. The minimum atomic E-state index is -2.67. The maximum atomic E-state index is 8.53. The third kappa shape index (κ3) is 25300. The monoisotopic (exact) mass is 598 g/mol. The summed E-state index contributed by atoms with van der Waals surface area (Å²) in [5.41, 5.74) is 0. The summed E-state index contributed by atoms with van der Waals surface area (Å²) in [6.07, 6.45) is 0. The van der Waals surface area contributed by atoms with Gasteiger partial charge in [-0.1, -0.05) is 0 Å². The van der Waals surface area contributed by atoms with E-state index in [1.54, 1.807) is 0 Å². The van der Waals surface area contributed by atoms with E-state index in [2.05, 4.69) is 0 Å². The fraction of sp³-hybridized carbons (Fsp3) is 0. The van der Waals surface area contributed by atoms with Crippen LogP contribution in [0, 0.1) is 0 Å². The third-order valence-electron chi connectivity index (χ3n) is 0. The molecule has 0 aromatic heterocycles. The van der Waals surface area contributed by atoms with Gasteiger partial charge < -0.3 is 142 Å². The molecule has 0 saturated carbocycles. The Hall–Kier alpha value is 1.40. The van der Waals surface area contributed by atoms with Gasteiger partial charge in [0.1, 0.15) is 0 Å². The average molecular weight is 597 g/mol. The molecule has 0 aliphatic heterocycles. The van der Waals surface area contributed by atoms with Gasteiger partial charge in [0, 0.05) is 0 Å². The summed E-state index contributed by atoms with van der Waals surface area (Å²) in [4.78, 5) is 0. The van der Waals surface area contributed by atoms with Crippen molar-refractivity contribution in [2.24, 2.45) is 0 Å². The zero-order chi connectivity index (χ0) is 28.6. The van der Waals surface area contributed by atoms with E-state index >= 15 is 0 Å². The van der Waals surface area contributed by atoms with Gasteiger partial charge >= 0.3 is 59.1 Å². The van der Waals surface area contributed by atoms with E-state index in [0.717, 1.165) is 0 Å². The van der Waals surface area contributed by atoms with Crippen molar-refractivity contribution in [3.05, 3.63) is 0 Å². The zero-order valence-electron chi connectivity index (χ0n) is 18.7. The average Bonchev–Trinajstić information content (AvgIpc) is 2.30. The molecule has 16 N–H and O–H groups in total. The van der Waals surface area contributed by atoms with Crippen LogP contribution in [0.15, 0.2) is 0 Å². The molecule has 0 fully saturated rings. The van der Waals surface area contributed by atoms with Crippen molar-refractivity contribution in [2.45, 2.75) is 0 Å².